The fourth-order valence-corrected chi connectivity index (χ4v) is 2.19. The van der Waals surface area contributed by atoms with Crippen LogP contribution in [0.4, 0.5) is 10.5 Å². The molecule has 0 spiro atoms. The van der Waals surface area contributed by atoms with Crippen molar-refractivity contribution in [2.45, 2.75) is 65.4 Å². The normalized spacial score (nSPS) is 11.1. The highest BCUT2D eigenvalue weighted by Crippen LogP contribution is 2.12. The minimum Gasteiger partial charge on any atom is -0.444 e. The fourth-order valence-electron chi connectivity index (χ4n) is 2.19. The predicted molar refractivity (Wildman–Crippen MR) is 97.0 cm³/mol. The monoisotopic (exact) mass is 320 g/mol. The van der Waals surface area contributed by atoms with Crippen molar-refractivity contribution in [3.8, 4) is 0 Å². The zero-order chi connectivity index (χ0) is 17.1. The van der Waals surface area contributed by atoms with Crippen molar-refractivity contribution in [3.05, 3.63) is 29.8 Å². The van der Waals surface area contributed by atoms with E-state index in [-0.39, 0.29) is 6.09 Å². The van der Waals surface area contributed by atoms with Gasteiger partial charge in [0.1, 0.15) is 5.60 Å². The molecular weight excluding hydrogens is 288 g/mol. The van der Waals surface area contributed by atoms with Crippen LogP contribution in [0.25, 0.3) is 0 Å². The van der Waals surface area contributed by atoms with Gasteiger partial charge in [0.2, 0.25) is 0 Å². The van der Waals surface area contributed by atoms with Crippen LogP contribution in [-0.2, 0) is 11.2 Å². The Morgan fingerprint density at radius 3 is 2.35 bits per heavy atom. The average molecular weight is 320 g/mol. The van der Waals surface area contributed by atoms with Crippen molar-refractivity contribution in [3.63, 3.8) is 0 Å². The Morgan fingerprint density at radius 1 is 1.04 bits per heavy atom. The Bertz CT molecular complexity index is 449. The van der Waals surface area contributed by atoms with Crippen molar-refractivity contribution in [2.75, 3.05) is 18.4 Å². The van der Waals surface area contributed by atoms with Gasteiger partial charge in [0.15, 0.2) is 0 Å². The van der Waals surface area contributed by atoms with Gasteiger partial charge in [0.05, 0.1) is 0 Å². The second kappa shape index (κ2) is 10.1. The number of unbranched alkanes of at least 4 members (excludes halogenated alkanes) is 2. The average Bonchev–Trinajstić information content (AvgIpc) is 2.47. The first-order chi connectivity index (χ1) is 10.9. The van der Waals surface area contributed by atoms with E-state index in [0.717, 1.165) is 25.1 Å². The number of rotatable bonds is 9. The molecular formula is C19H32N2O2. The SMILES string of the molecule is CCCCCc1ccc(NCCCNC(=O)OC(C)(C)C)cc1. The number of benzene rings is 1. The van der Waals surface area contributed by atoms with E-state index in [1.165, 1.54) is 24.8 Å². The molecule has 0 radical (unpaired) electrons. The van der Waals surface area contributed by atoms with Crippen LogP contribution in [0.2, 0.25) is 0 Å². The summed E-state index contributed by atoms with van der Waals surface area (Å²) >= 11 is 0. The molecule has 0 fully saturated rings. The van der Waals surface area contributed by atoms with Crippen molar-refractivity contribution in [1.29, 1.82) is 0 Å². The Morgan fingerprint density at radius 2 is 1.74 bits per heavy atom. The number of ether oxygens (including phenoxy) is 1. The number of alkyl carbamates (subject to hydrolysis) is 1. The standard InChI is InChI=1S/C19H32N2O2/c1-5-6-7-9-16-10-12-17(13-11-16)20-14-8-15-21-18(22)23-19(2,3)4/h10-13,20H,5-9,14-15H2,1-4H3,(H,21,22). The summed E-state index contributed by atoms with van der Waals surface area (Å²) < 4.78 is 5.19. The molecule has 0 aliphatic rings. The Labute approximate surface area is 141 Å². The molecule has 0 bridgehead atoms. The Hall–Kier alpha value is -1.71. The van der Waals surface area contributed by atoms with E-state index in [2.05, 4.69) is 41.8 Å². The van der Waals surface area contributed by atoms with Gasteiger partial charge in [-0.2, -0.15) is 0 Å². The molecule has 0 aromatic heterocycles. The van der Waals surface area contributed by atoms with Crippen LogP contribution in [-0.4, -0.2) is 24.8 Å². The van der Waals surface area contributed by atoms with Gasteiger partial charge in [-0.25, -0.2) is 4.79 Å². The van der Waals surface area contributed by atoms with E-state index in [0.29, 0.717) is 6.54 Å². The summed E-state index contributed by atoms with van der Waals surface area (Å²) in [5.74, 6) is 0. The maximum absolute atomic E-state index is 11.5. The first-order valence-corrected chi connectivity index (χ1v) is 8.70. The van der Waals surface area contributed by atoms with Gasteiger partial charge in [-0.3, -0.25) is 0 Å². The lowest BCUT2D eigenvalue weighted by Crippen LogP contribution is -2.33. The van der Waals surface area contributed by atoms with Gasteiger partial charge >= 0.3 is 6.09 Å². The summed E-state index contributed by atoms with van der Waals surface area (Å²) in [5.41, 5.74) is 2.08. The summed E-state index contributed by atoms with van der Waals surface area (Å²) in [6.07, 6.45) is 5.49. The maximum Gasteiger partial charge on any atom is 0.407 e. The second-order valence-electron chi connectivity index (χ2n) is 6.86. The Kier molecular flexibility index (Phi) is 8.52. The van der Waals surface area contributed by atoms with Crippen molar-refractivity contribution in [2.24, 2.45) is 0 Å². The number of amides is 1. The van der Waals surface area contributed by atoms with E-state index in [4.69, 9.17) is 4.74 Å². The van der Waals surface area contributed by atoms with Gasteiger partial charge in [-0.05, 0) is 57.7 Å². The summed E-state index contributed by atoms with van der Waals surface area (Å²) in [5, 5.41) is 6.13. The zero-order valence-corrected chi connectivity index (χ0v) is 15.1. The van der Waals surface area contributed by atoms with Gasteiger partial charge in [0, 0.05) is 18.8 Å². The van der Waals surface area contributed by atoms with Gasteiger partial charge in [-0.15, -0.1) is 0 Å². The molecule has 0 unspecified atom stereocenters. The molecule has 0 saturated carbocycles. The molecule has 0 saturated heterocycles. The summed E-state index contributed by atoms with van der Waals surface area (Å²) in [4.78, 5) is 11.5. The van der Waals surface area contributed by atoms with E-state index in [9.17, 15) is 4.79 Å². The van der Waals surface area contributed by atoms with Crippen molar-refractivity contribution >= 4 is 11.8 Å². The van der Waals surface area contributed by atoms with E-state index < -0.39 is 5.60 Å². The number of carbonyl (C=O) groups excluding carboxylic acids is 1. The lowest BCUT2D eigenvalue weighted by Gasteiger charge is -2.19. The quantitative estimate of drug-likeness (QED) is 0.646. The topological polar surface area (TPSA) is 50.4 Å². The first-order valence-electron chi connectivity index (χ1n) is 8.70. The molecule has 0 aliphatic heterocycles. The highest BCUT2D eigenvalue weighted by Gasteiger charge is 2.15. The predicted octanol–water partition coefficient (Wildman–Crippen LogP) is 4.75. The molecule has 130 valence electrons. The molecule has 1 amide bonds. The fraction of sp³-hybridized carbons (Fsp3) is 0.632. The summed E-state index contributed by atoms with van der Waals surface area (Å²) in [6.45, 7) is 9.24. The van der Waals surface area contributed by atoms with Crippen LogP contribution >= 0.6 is 0 Å². The summed E-state index contributed by atoms with van der Waals surface area (Å²) in [7, 11) is 0. The van der Waals surface area contributed by atoms with Crippen molar-refractivity contribution < 1.29 is 9.53 Å². The number of hydrogen-bond acceptors (Lipinski definition) is 3. The lowest BCUT2D eigenvalue weighted by atomic mass is 10.1. The number of carbonyl (C=O) groups is 1. The van der Waals surface area contributed by atoms with Gasteiger partial charge in [-0.1, -0.05) is 31.9 Å². The van der Waals surface area contributed by atoms with Crippen LogP contribution in [0.1, 0.15) is 58.9 Å². The van der Waals surface area contributed by atoms with Crippen LogP contribution in [0.3, 0.4) is 0 Å². The number of nitrogens with one attached hydrogen (secondary N) is 2. The van der Waals surface area contributed by atoms with Crippen molar-refractivity contribution in [1.82, 2.24) is 5.32 Å². The molecule has 4 nitrogen and oxygen atoms in total. The molecule has 1 rings (SSSR count). The molecule has 23 heavy (non-hydrogen) atoms. The highest BCUT2D eigenvalue weighted by atomic mass is 16.6. The molecule has 0 atom stereocenters. The number of anilines is 1. The minimum atomic E-state index is -0.443. The molecule has 0 heterocycles. The Balaban J connectivity index is 2.15. The van der Waals surface area contributed by atoms with Crippen LogP contribution in [0.5, 0.6) is 0 Å². The van der Waals surface area contributed by atoms with E-state index in [1.807, 2.05) is 20.8 Å². The third-order valence-corrected chi connectivity index (χ3v) is 3.37. The summed E-state index contributed by atoms with van der Waals surface area (Å²) in [6, 6.07) is 8.64. The van der Waals surface area contributed by atoms with E-state index >= 15 is 0 Å². The third-order valence-electron chi connectivity index (χ3n) is 3.37. The molecule has 2 N–H and O–H groups in total. The van der Waals surface area contributed by atoms with E-state index in [1.54, 1.807) is 0 Å². The molecule has 1 aromatic rings. The highest BCUT2D eigenvalue weighted by molar-refractivity contribution is 5.67. The largest absolute Gasteiger partial charge is 0.444 e. The second-order valence-corrected chi connectivity index (χ2v) is 6.86. The van der Waals surface area contributed by atoms with Gasteiger partial charge in [0.25, 0.3) is 0 Å². The van der Waals surface area contributed by atoms with Crippen LogP contribution < -0.4 is 10.6 Å². The van der Waals surface area contributed by atoms with Crippen LogP contribution in [0, 0.1) is 0 Å². The zero-order valence-electron chi connectivity index (χ0n) is 15.1. The minimum absolute atomic E-state index is 0.353. The van der Waals surface area contributed by atoms with Gasteiger partial charge < -0.3 is 15.4 Å². The number of hydrogen-bond donors (Lipinski definition) is 2. The molecule has 1 aromatic carbocycles. The number of aryl methyl sites for hydroxylation is 1. The molecule has 0 aliphatic carbocycles. The maximum atomic E-state index is 11.5. The lowest BCUT2D eigenvalue weighted by molar-refractivity contribution is 0.0528. The smallest absolute Gasteiger partial charge is 0.407 e. The third kappa shape index (κ3) is 9.82. The molecule has 4 heteroatoms. The van der Waals surface area contributed by atoms with Crippen LogP contribution in [0.15, 0.2) is 24.3 Å². The first kappa shape index (κ1) is 19.3.